The second-order valence-corrected chi connectivity index (χ2v) is 10.3. The summed E-state index contributed by atoms with van der Waals surface area (Å²) < 4.78 is 13.2. The number of rotatable bonds is 4. The molecule has 7 heteroatoms. The number of piperidine rings is 1. The lowest BCUT2D eigenvalue weighted by Crippen LogP contribution is -2.53. The van der Waals surface area contributed by atoms with E-state index < -0.39 is 5.60 Å². The molecule has 2 aromatic rings. The van der Waals surface area contributed by atoms with Gasteiger partial charge in [-0.15, -0.1) is 0 Å². The van der Waals surface area contributed by atoms with E-state index in [1.807, 2.05) is 24.9 Å². The third kappa shape index (κ3) is 6.96. The number of hydrogen-bond acceptors (Lipinski definition) is 4. The van der Waals surface area contributed by atoms with Crippen LogP contribution in [0.1, 0.15) is 36.5 Å². The van der Waals surface area contributed by atoms with E-state index in [9.17, 15) is 14.3 Å². The molecule has 0 saturated carbocycles. The van der Waals surface area contributed by atoms with Gasteiger partial charge in [0, 0.05) is 74.8 Å². The van der Waals surface area contributed by atoms with Crippen molar-refractivity contribution in [1.29, 1.82) is 0 Å². The SMILES string of the molecule is C[C@H]1CN(Cc2ccc(F)cc2)CCN1C(=O)/C=C/c1ccc(Cl)cc1C#CC1(O)CCN(C)CC1. The first-order chi connectivity index (χ1) is 17.2. The summed E-state index contributed by atoms with van der Waals surface area (Å²) in [6, 6.07) is 12.0. The van der Waals surface area contributed by atoms with Gasteiger partial charge in [0.05, 0.1) is 0 Å². The molecule has 2 heterocycles. The van der Waals surface area contributed by atoms with Gasteiger partial charge in [-0.05, 0) is 55.4 Å². The van der Waals surface area contributed by atoms with Gasteiger partial charge in [-0.25, -0.2) is 4.39 Å². The van der Waals surface area contributed by atoms with Crippen LogP contribution < -0.4 is 0 Å². The molecule has 2 aliphatic heterocycles. The molecule has 0 spiro atoms. The molecule has 0 radical (unpaired) electrons. The molecule has 1 atom stereocenters. The summed E-state index contributed by atoms with van der Waals surface area (Å²) in [5.74, 6) is 5.88. The van der Waals surface area contributed by atoms with E-state index >= 15 is 0 Å². The van der Waals surface area contributed by atoms with Gasteiger partial charge in [0.15, 0.2) is 0 Å². The Balaban J connectivity index is 1.40. The molecular weight excluding hydrogens is 477 g/mol. The van der Waals surface area contributed by atoms with E-state index in [0.29, 0.717) is 30.0 Å². The van der Waals surface area contributed by atoms with Crippen molar-refractivity contribution < 1.29 is 14.3 Å². The van der Waals surface area contributed by atoms with E-state index in [0.717, 1.165) is 43.9 Å². The lowest BCUT2D eigenvalue weighted by molar-refractivity contribution is -0.130. The van der Waals surface area contributed by atoms with Crippen LogP contribution >= 0.6 is 11.6 Å². The minimum absolute atomic E-state index is 0.0493. The summed E-state index contributed by atoms with van der Waals surface area (Å²) in [7, 11) is 2.04. The van der Waals surface area contributed by atoms with Gasteiger partial charge in [0.2, 0.25) is 5.91 Å². The minimum atomic E-state index is -1.01. The van der Waals surface area contributed by atoms with Crippen molar-refractivity contribution in [1.82, 2.24) is 14.7 Å². The van der Waals surface area contributed by atoms with Crippen LogP contribution in [-0.2, 0) is 11.3 Å². The molecule has 1 N–H and O–H groups in total. The molecule has 0 bridgehead atoms. The number of hydrogen-bond donors (Lipinski definition) is 1. The Labute approximate surface area is 218 Å². The minimum Gasteiger partial charge on any atom is -0.377 e. The lowest BCUT2D eigenvalue weighted by Gasteiger charge is -2.39. The maximum absolute atomic E-state index is 13.2. The Morgan fingerprint density at radius 2 is 1.89 bits per heavy atom. The Morgan fingerprint density at radius 1 is 1.17 bits per heavy atom. The third-order valence-corrected chi connectivity index (χ3v) is 7.21. The second kappa shape index (κ2) is 11.6. The third-order valence-electron chi connectivity index (χ3n) is 6.98. The van der Waals surface area contributed by atoms with Crippen molar-refractivity contribution in [3.8, 4) is 11.8 Å². The summed E-state index contributed by atoms with van der Waals surface area (Å²) in [5, 5.41) is 11.4. The maximum atomic E-state index is 13.2. The van der Waals surface area contributed by atoms with Crippen LogP contribution in [0.25, 0.3) is 6.08 Å². The summed E-state index contributed by atoms with van der Waals surface area (Å²) in [5.41, 5.74) is 1.54. The van der Waals surface area contributed by atoms with Crippen molar-refractivity contribution in [3.05, 3.63) is 76.1 Å². The smallest absolute Gasteiger partial charge is 0.246 e. The van der Waals surface area contributed by atoms with Crippen molar-refractivity contribution in [3.63, 3.8) is 0 Å². The van der Waals surface area contributed by atoms with Crippen LogP contribution in [0, 0.1) is 17.7 Å². The largest absolute Gasteiger partial charge is 0.377 e. The molecule has 5 nitrogen and oxygen atoms in total. The van der Waals surface area contributed by atoms with E-state index in [2.05, 4.69) is 21.6 Å². The van der Waals surface area contributed by atoms with Crippen molar-refractivity contribution >= 4 is 23.6 Å². The monoisotopic (exact) mass is 509 g/mol. The highest BCUT2D eigenvalue weighted by Gasteiger charge is 2.29. The summed E-state index contributed by atoms with van der Waals surface area (Å²) in [6.45, 7) is 6.52. The van der Waals surface area contributed by atoms with Gasteiger partial charge >= 0.3 is 0 Å². The number of aliphatic hydroxyl groups is 1. The van der Waals surface area contributed by atoms with E-state index in [4.69, 9.17) is 11.6 Å². The number of piperazine rings is 1. The molecule has 36 heavy (non-hydrogen) atoms. The van der Waals surface area contributed by atoms with Crippen molar-refractivity contribution in [2.45, 2.75) is 38.0 Å². The average molecular weight is 510 g/mol. The molecule has 2 saturated heterocycles. The number of amides is 1. The zero-order valence-corrected chi connectivity index (χ0v) is 21.6. The molecule has 2 aliphatic rings. The van der Waals surface area contributed by atoms with E-state index in [1.54, 1.807) is 36.4 Å². The number of likely N-dealkylation sites (tertiary alicyclic amines) is 1. The molecule has 0 aliphatic carbocycles. The van der Waals surface area contributed by atoms with Gasteiger partial charge in [0.1, 0.15) is 11.4 Å². The van der Waals surface area contributed by atoms with Crippen LogP contribution in [-0.4, -0.2) is 77.1 Å². The molecule has 4 rings (SSSR count). The molecule has 2 fully saturated rings. The van der Waals surface area contributed by atoms with Gasteiger partial charge in [-0.3, -0.25) is 9.69 Å². The van der Waals surface area contributed by atoms with E-state index in [1.165, 1.54) is 12.1 Å². The standard InChI is InChI=1S/C29H33ClFN3O2/c1-22-20-33(21-23-3-8-27(31)9-4-23)17-18-34(22)28(35)10-6-24-5-7-26(30)19-25(24)11-12-29(36)13-15-32(2)16-14-29/h3-10,19,22,36H,13-18,20-21H2,1-2H3/b10-6+/t22-/m0/s1. The Bertz CT molecular complexity index is 1160. The number of nitrogens with zero attached hydrogens (tertiary/aromatic N) is 3. The van der Waals surface area contributed by atoms with Crippen LogP contribution in [0.15, 0.2) is 48.5 Å². The predicted octanol–water partition coefficient (Wildman–Crippen LogP) is 4.03. The van der Waals surface area contributed by atoms with Gasteiger partial charge in [0.25, 0.3) is 0 Å². The average Bonchev–Trinajstić information content (AvgIpc) is 2.85. The molecule has 0 unspecified atom stereocenters. The Morgan fingerprint density at radius 3 is 2.58 bits per heavy atom. The quantitative estimate of drug-likeness (QED) is 0.499. The fourth-order valence-electron chi connectivity index (χ4n) is 4.69. The van der Waals surface area contributed by atoms with Crippen LogP contribution in [0.4, 0.5) is 4.39 Å². The molecule has 1 amide bonds. The first-order valence-corrected chi connectivity index (χ1v) is 12.8. The number of carbonyl (C=O) groups excluding carboxylic acids is 1. The van der Waals surface area contributed by atoms with Crippen molar-refractivity contribution in [2.75, 3.05) is 39.8 Å². The Hall–Kier alpha value is -2.69. The molecule has 2 aromatic carbocycles. The van der Waals surface area contributed by atoms with E-state index in [-0.39, 0.29) is 17.8 Å². The molecule has 190 valence electrons. The number of halogens is 2. The maximum Gasteiger partial charge on any atom is 0.246 e. The number of carbonyl (C=O) groups is 1. The normalized spacial score (nSPS) is 20.8. The Kier molecular flexibility index (Phi) is 8.48. The summed E-state index contributed by atoms with van der Waals surface area (Å²) in [4.78, 5) is 19.4. The highest BCUT2D eigenvalue weighted by atomic mass is 35.5. The highest BCUT2D eigenvalue weighted by Crippen LogP contribution is 2.22. The van der Waals surface area contributed by atoms with Crippen LogP contribution in [0.2, 0.25) is 5.02 Å². The van der Waals surface area contributed by atoms with Gasteiger partial charge in [-0.1, -0.05) is 41.6 Å². The topological polar surface area (TPSA) is 47.0 Å². The van der Waals surface area contributed by atoms with Crippen LogP contribution in [0.5, 0.6) is 0 Å². The van der Waals surface area contributed by atoms with Crippen molar-refractivity contribution in [2.24, 2.45) is 0 Å². The highest BCUT2D eigenvalue weighted by molar-refractivity contribution is 6.30. The lowest BCUT2D eigenvalue weighted by atomic mass is 9.92. The first-order valence-electron chi connectivity index (χ1n) is 12.4. The molecule has 0 aromatic heterocycles. The summed E-state index contributed by atoms with van der Waals surface area (Å²) in [6.07, 6.45) is 4.57. The zero-order valence-electron chi connectivity index (χ0n) is 20.9. The van der Waals surface area contributed by atoms with Gasteiger partial charge in [-0.2, -0.15) is 0 Å². The number of benzene rings is 2. The zero-order chi connectivity index (χ0) is 25.7. The fraction of sp³-hybridized carbons (Fsp3) is 0.414. The predicted molar refractivity (Wildman–Crippen MR) is 142 cm³/mol. The molecular formula is C29H33ClFN3O2. The second-order valence-electron chi connectivity index (χ2n) is 9.89. The fourth-order valence-corrected chi connectivity index (χ4v) is 4.86. The summed E-state index contributed by atoms with van der Waals surface area (Å²) >= 11 is 6.22. The van der Waals surface area contributed by atoms with Crippen LogP contribution in [0.3, 0.4) is 0 Å². The van der Waals surface area contributed by atoms with Gasteiger partial charge < -0.3 is 14.9 Å². The first kappa shape index (κ1) is 26.4.